The molecule has 1 aromatic heterocycles. The van der Waals surface area contributed by atoms with Crippen LogP contribution in [0.4, 0.5) is 5.82 Å². The molecule has 1 aromatic rings. The molecule has 0 spiro atoms. The molecule has 0 amide bonds. The lowest BCUT2D eigenvalue weighted by molar-refractivity contribution is 0.993. The number of nitrogens with one attached hydrogen (secondary N) is 1. The quantitative estimate of drug-likeness (QED) is 0.592. The van der Waals surface area contributed by atoms with Gasteiger partial charge in [-0.05, 0) is 19.1 Å². The minimum absolute atomic E-state index is 0.402. The number of hydrogen-bond donors (Lipinski definition) is 1. The Labute approximate surface area is 82.5 Å². The number of halogens is 1. The lowest BCUT2D eigenvalue weighted by Gasteiger charge is -2.00. The van der Waals surface area contributed by atoms with E-state index in [-0.39, 0.29) is 0 Å². The van der Waals surface area contributed by atoms with Gasteiger partial charge in [-0.2, -0.15) is 0 Å². The molecule has 1 heterocycles. The van der Waals surface area contributed by atoms with Crippen LogP contribution in [0.3, 0.4) is 0 Å². The van der Waals surface area contributed by atoms with Gasteiger partial charge in [0.2, 0.25) is 0 Å². The van der Waals surface area contributed by atoms with Crippen LogP contribution < -0.4 is 5.32 Å². The van der Waals surface area contributed by atoms with Crippen molar-refractivity contribution in [3.63, 3.8) is 0 Å². The molecule has 4 heteroatoms. The molecule has 13 heavy (non-hydrogen) atoms. The van der Waals surface area contributed by atoms with Crippen molar-refractivity contribution >= 4 is 17.4 Å². The van der Waals surface area contributed by atoms with E-state index in [1.54, 1.807) is 12.1 Å². The van der Waals surface area contributed by atoms with Crippen LogP contribution in [-0.4, -0.2) is 16.7 Å². The lowest BCUT2D eigenvalue weighted by atomic mass is 10.4. The van der Waals surface area contributed by atoms with Crippen LogP contribution in [0.25, 0.3) is 0 Å². The van der Waals surface area contributed by atoms with Crippen molar-refractivity contribution in [2.24, 2.45) is 0 Å². The van der Waals surface area contributed by atoms with E-state index in [0.29, 0.717) is 5.15 Å². The number of nitrogens with zero attached hydrogens (tertiary/aromatic N) is 2. The molecule has 0 saturated heterocycles. The van der Waals surface area contributed by atoms with E-state index >= 15 is 0 Å². The summed E-state index contributed by atoms with van der Waals surface area (Å²) in [7, 11) is 0. The summed E-state index contributed by atoms with van der Waals surface area (Å²) >= 11 is 5.57. The zero-order valence-corrected chi connectivity index (χ0v) is 8.10. The van der Waals surface area contributed by atoms with Crippen molar-refractivity contribution in [2.45, 2.75) is 13.3 Å². The fraction of sp³-hybridized carbons (Fsp3) is 0.333. The summed E-state index contributed by atoms with van der Waals surface area (Å²) in [6.07, 6.45) is 0.806. The van der Waals surface area contributed by atoms with E-state index in [4.69, 9.17) is 11.6 Å². The molecule has 0 fully saturated rings. The van der Waals surface area contributed by atoms with Crippen molar-refractivity contribution in [3.05, 3.63) is 17.3 Å². The van der Waals surface area contributed by atoms with Crippen LogP contribution in [0.15, 0.2) is 12.1 Å². The second-order valence-electron chi connectivity index (χ2n) is 2.34. The monoisotopic (exact) mass is 195 g/mol. The van der Waals surface area contributed by atoms with Crippen LogP contribution in [0, 0.1) is 11.8 Å². The van der Waals surface area contributed by atoms with Crippen molar-refractivity contribution in [1.82, 2.24) is 10.2 Å². The smallest absolute Gasteiger partial charge is 0.151 e. The molecule has 68 valence electrons. The van der Waals surface area contributed by atoms with Gasteiger partial charge in [0.05, 0.1) is 0 Å². The summed E-state index contributed by atoms with van der Waals surface area (Å²) in [6.45, 7) is 2.60. The fourth-order valence-electron chi connectivity index (χ4n) is 0.788. The van der Waals surface area contributed by atoms with E-state index in [0.717, 1.165) is 18.8 Å². The second kappa shape index (κ2) is 5.39. The van der Waals surface area contributed by atoms with Gasteiger partial charge in [0.15, 0.2) is 5.15 Å². The molecule has 3 nitrogen and oxygen atoms in total. The van der Waals surface area contributed by atoms with Crippen LogP contribution in [0.2, 0.25) is 5.15 Å². The van der Waals surface area contributed by atoms with Gasteiger partial charge in [-0.1, -0.05) is 11.6 Å². The number of hydrogen-bond acceptors (Lipinski definition) is 3. The Morgan fingerprint density at radius 3 is 2.92 bits per heavy atom. The summed E-state index contributed by atoms with van der Waals surface area (Å²) in [5, 5.41) is 11.0. The molecule has 1 N–H and O–H groups in total. The second-order valence-corrected chi connectivity index (χ2v) is 2.73. The molecule has 0 aromatic carbocycles. The van der Waals surface area contributed by atoms with Gasteiger partial charge >= 0.3 is 0 Å². The Morgan fingerprint density at radius 2 is 2.31 bits per heavy atom. The third-order valence-corrected chi connectivity index (χ3v) is 1.57. The van der Waals surface area contributed by atoms with Crippen LogP contribution >= 0.6 is 11.6 Å². The average molecular weight is 196 g/mol. The molecule has 0 aliphatic rings. The van der Waals surface area contributed by atoms with Gasteiger partial charge in [-0.15, -0.1) is 22.0 Å². The number of rotatable bonds is 3. The normalized spacial score (nSPS) is 8.77. The number of anilines is 1. The standard InChI is InChI=1S/C9H10ClN3/c1-2-3-4-7-11-9-6-5-8(10)12-13-9/h5-6H,4,7H2,1H3,(H,11,13). The summed E-state index contributed by atoms with van der Waals surface area (Å²) in [6, 6.07) is 3.48. The largest absolute Gasteiger partial charge is 0.368 e. The maximum atomic E-state index is 5.57. The van der Waals surface area contributed by atoms with Gasteiger partial charge in [0, 0.05) is 13.0 Å². The topological polar surface area (TPSA) is 37.8 Å². The maximum absolute atomic E-state index is 5.57. The van der Waals surface area contributed by atoms with Gasteiger partial charge in [0.25, 0.3) is 0 Å². The Hall–Kier alpha value is -1.27. The minimum atomic E-state index is 0.402. The van der Waals surface area contributed by atoms with E-state index in [2.05, 4.69) is 27.4 Å². The van der Waals surface area contributed by atoms with E-state index in [1.165, 1.54) is 0 Å². The van der Waals surface area contributed by atoms with Gasteiger partial charge in [0.1, 0.15) is 5.82 Å². The SMILES string of the molecule is CC#CCCNc1ccc(Cl)nn1. The van der Waals surface area contributed by atoms with Crippen LogP contribution in [-0.2, 0) is 0 Å². The van der Waals surface area contributed by atoms with E-state index in [9.17, 15) is 0 Å². The molecular weight excluding hydrogens is 186 g/mol. The molecule has 0 unspecified atom stereocenters. The first-order chi connectivity index (χ1) is 6.33. The summed E-state index contributed by atoms with van der Waals surface area (Å²) in [5.41, 5.74) is 0. The van der Waals surface area contributed by atoms with E-state index in [1.807, 2.05) is 6.92 Å². The van der Waals surface area contributed by atoms with Gasteiger partial charge < -0.3 is 5.32 Å². The predicted molar refractivity (Wildman–Crippen MR) is 53.6 cm³/mol. The van der Waals surface area contributed by atoms with E-state index < -0.39 is 0 Å². The Balaban J connectivity index is 2.36. The zero-order valence-electron chi connectivity index (χ0n) is 7.34. The van der Waals surface area contributed by atoms with Gasteiger partial charge in [-0.25, -0.2) is 0 Å². The first-order valence-electron chi connectivity index (χ1n) is 3.95. The molecule has 0 atom stereocenters. The third-order valence-electron chi connectivity index (χ3n) is 1.36. The highest BCUT2D eigenvalue weighted by molar-refractivity contribution is 6.29. The Kier molecular flexibility index (Phi) is 4.07. The molecule has 0 aliphatic carbocycles. The lowest BCUT2D eigenvalue weighted by Crippen LogP contribution is -2.02. The molecule has 0 aliphatic heterocycles. The molecule has 0 saturated carbocycles. The van der Waals surface area contributed by atoms with Crippen LogP contribution in [0.5, 0.6) is 0 Å². The highest BCUT2D eigenvalue weighted by atomic mass is 35.5. The Morgan fingerprint density at radius 1 is 1.46 bits per heavy atom. The average Bonchev–Trinajstić information content (AvgIpc) is 2.15. The summed E-state index contributed by atoms with van der Waals surface area (Å²) in [5.74, 6) is 6.48. The first-order valence-corrected chi connectivity index (χ1v) is 4.33. The van der Waals surface area contributed by atoms with Gasteiger partial charge in [-0.3, -0.25) is 0 Å². The minimum Gasteiger partial charge on any atom is -0.368 e. The molecule has 0 radical (unpaired) electrons. The highest BCUT2D eigenvalue weighted by Gasteiger charge is 1.92. The number of aromatic nitrogens is 2. The molecule has 0 bridgehead atoms. The van der Waals surface area contributed by atoms with Crippen molar-refractivity contribution in [1.29, 1.82) is 0 Å². The molecular formula is C9H10ClN3. The van der Waals surface area contributed by atoms with Crippen molar-refractivity contribution in [3.8, 4) is 11.8 Å². The zero-order chi connectivity index (χ0) is 9.52. The summed E-state index contributed by atoms with van der Waals surface area (Å²) in [4.78, 5) is 0. The highest BCUT2D eigenvalue weighted by Crippen LogP contribution is 2.05. The molecule has 1 rings (SSSR count). The maximum Gasteiger partial charge on any atom is 0.151 e. The fourth-order valence-corrected chi connectivity index (χ4v) is 0.889. The third kappa shape index (κ3) is 3.77. The summed E-state index contributed by atoms with van der Waals surface area (Å²) < 4.78 is 0. The van der Waals surface area contributed by atoms with Crippen LogP contribution in [0.1, 0.15) is 13.3 Å². The first kappa shape index (κ1) is 9.82. The predicted octanol–water partition coefficient (Wildman–Crippen LogP) is 1.96. The van der Waals surface area contributed by atoms with Crippen molar-refractivity contribution in [2.75, 3.05) is 11.9 Å². The van der Waals surface area contributed by atoms with Crippen molar-refractivity contribution < 1.29 is 0 Å². The Bertz CT molecular complexity index is 310.